The average Bonchev–Trinajstić information content (AvgIpc) is 2.76. The van der Waals surface area contributed by atoms with Gasteiger partial charge in [-0.1, -0.05) is 17.3 Å². The van der Waals surface area contributed by atoms with E-state index in [9.17, 15) is 0 Å². The van der Waals surface area contributed by atoms with Crippen LogP contribution < -0.4 is 5.73 Å². The fourth-order valence-electron chi connectivity index (χ4n) is 1.91. The van der Waals surface area contributed by atoms with Gasteiger partial charge in [0, 0.05) is 13.7 Å². The van der Waals surface area contributed by atoms with Crippen LogP contribution in [0.2, 0.25) is 0 Å². The van der Waals surface area contributed by atoms with E-state index in [-0.39, 0.29) is 0 Å². The Labute approximate surface area is 107 Å². The number of rotatable bonds is 4. The van der Waals surface area contributed by atoms with Crippen LogP contribution in [0.3, 0.4) is 0 Å². The minimum atomic E-state index is 0.365. The van der Waals surface area contributed by atoms with Crippen molar-refractivity contribution in [3.05, 3.63) is 40.7 Å². The summed E-state index contributed by atoms with van der Waals surface area (Å²) < 4.78 is 7.02. The molecule has 0 aliphatic rings. The minimum Gasteiger partial charge on any atom is -0.378 e. The fraction of sp³-hybridized carbons (Fsp3) is 0.385. The van der Waals surface area contributed by atoms with Gasteiger partial charge in [0.05, 0.1) is 18.0 Å². The Morgan fingerprint density at radius 1 is 1.33 bits per heavy atom. The molecular formula is C13H18N4O. The zero-order valence-electron chi connectivity index (χ0n) is 11.0. The van der Waals surface area contributed by atoms with E-state index in [0.717, 1.165) is 22.6 Å². The van der Waals surface area contributed by atoms with Crippen molar-refractivity contribution in [2.24, 2.45) is 5.73 Å². The molecular weight excluding hydrogens is 228 g/mol. The molecule has 0 saturated carbocycles. The standard InChI is InChI=1S/C13H18N4O/c1-9-4-5-10(2)12(6-9)17-13(8-18-3)11(7-14)15-16-17/h4-6H,7-8,14H2,1-3H3. The summed E-state index contributed by atoms with van der Waals surface area (Å²) in [5.74, 6) is 0. The van der Waals surface area contributed by atoms with Gasteiger partial charge in [0.25, 0.3) is 0 Å². The Hall–Kier alpha value is -1.72. The van der Waals surface area contributed by atoms with Gasteiger partial charge in [-0.15, -0.1) is 5.10 Å². The van der Waals surface area contributed by atoms with Gasteiger partial charge in [0.15, 0.2) is 0 Å². The van der Waals surface area contributed by atoms with Crippen LogP contribution in [0.15, 0.2) is 18.2 Å². The molecule has 0 radical (unpaired) electrons. The molecule has 0 fully saturated rings. The van der Waals surface area contributed by atoms with Crippen LogP contribution >= 0.6 is 0 Å². The van der Waals surface area contributed by atoms with Crippen LogP contribution in [-0.4, -0.2) is 22.1 Å². The second-order valence-electron chi connectivity index (χ2n) is 4.32. The predicted octanol–water partition coefficient (Wildman–Crippen LogP) is 1.49. The van der Waals surface area contributed by atoms with Crippen LogP contribution in [0.4, 0.5) is 0 Å². The SMILES string of the molecule is COCc1c(CN)nnn1-c1cc(C)ccc1C. The molecule has 0 saturated heterocycles. The maximum atomic E-state index is 5.67. The Morgan fingerprint density at radius 3 is 2.78 bits per heavy atom. The van der Waals surface area contributed by atoms with Gasteiger partial charge in [0.2, 0.25) is 0 Å². The normalized spacial score (nSPS) is 10.9. The largest absolute Gasteiger partial charge is 0.378 e. The molecule has 0 unspecified atom stereocenters. The van der Waals surface area contributed by atoms with Crippen molar-refractivity contribution >= 4 is 0 Å². The molecule has 1 aromatic heterocycles. The molecule has 2 aromatic rings. The smallest absolute Gasteiger partial charge is 0.102 e. The zero-order chi connectivity index (χ0) is 13.1. The summed E-state index contributed by atoms with van der Waals surface area (Å²) in [4.78, 5) is 0. The van der Waals surface area contributed by atoms with Crippen LogP contribution in [0.5, 0.6) is 0 Å². The van der Waals surface area contributed by atoms with E-state index in [0.29, 0.717) is 13.2 Å². The van der Waals surface area contributed by atoms with Crippen LogP contribution in [0.25, 0.3) is 5.69 Å². The lowest BCUT2D eigenvalue weighted by molar-refractivity contribution is 0.178. The predicted molar refractivity (Wildman–Crippen MR) is 69.4 cm³/mol. The highest BCUT2D eigenvalue weighted by Crippen LogP contribution is 2.18. The fourth-order valence-corrected chi connectivity index (χ4v) is 1.91. The Bertz CT molecular complexity index is 548. The average molecular weight is 246 g/mol. The van der Waals surface area contributed by atoms with Gasteiger partial charge in [-0.3, -0.25) is 0 Å². The first-order valence-electron chi connectivity index (χ1n) is 5.87. The lowest BCUT2D eigenvalue weighted by atomic mass is 10.1. The number of hydrogen-bond acceptors (Lipinski definition) is 4. The number of nitrogens with two attached hydrogens (primary N) is 1. The van der Waals surface area contributed by atoms with Gasteiger partial charge in [-0.2, -0.15) is 0 Å². The Morgan fingerprint density at radius 2 is 2.11 bits per heavy atom. The van der Waals surface area contributed by atoms with Crippen molar-refractivity contribution in [1.29, 1.82) is 0 Å². The third kappa shape index (κ3) is 2.27. The van der Waals surface area contributed by atoms with Gasteiger partial charge >= 0.3 is 0 Å². The third-order valence-electron chi connectivity index (χ3n) is 2.91. The number of aryl methyl sites for hydroxylation is 2. The molecule has 5 heteroatoms. The molecule has 0 spiro atoms. The first kappa shape index (κ1) is 12.7. The van der Waals surface area contributed by atoms with Crippen LogP contribution in [-0.2, 0) is 17.9 Å². The molecule has 0 aliphatic heterocycles. The van der Waals surface area contributed by atoms with Crippen molar-refractivity contribution in [3.63, 3.8) is 0 Å². The van der Waals surface area contributed by atoms with E-state index in [1.165, 1.54) is 5.56 Å². The maximum Gasteiger partial charge on any atom is 0.102 e. The lowest BCUT2D eigenvalue weighted by Gasteiger charge is -2.10. The number of benzene rings is 1. The van der Waals surface area contributed by atoms with Crippen molar-refractivity contribution < 1.29 is 4.74 Å². The first-order chi connectivity index (χ1) is 8.67. The van der Waals surface area contributed by atoms with E-state index >= 15 is 0 Å². The quantitative estimate of drug-likeness (QED) is 0.887. The van der Waals surface area contributed by atoms with Crippen molar-refractivity contribution in [1.82, 2.24) is 15.0 Å². The maximum absolute atomic E-state index is 5.67. The summed E-state index contributed by atoms with van der Waals surface area (Å²) in [5, 5.41) is 8.29. The van der Waals surface area contributed by atoms with Crippen molar-refractivity contribution in [2.75, 3.05) is 7.11 Å². The highest BCUT2D eigenvalue weighted by molar-refractivity contribution is 5.43. The number of hydrogen-bond donors (Lipinski definition) is 1. The molecule has 18 heavy (non-hydrogen) atoms. The molecule has 0 atom stereocenters. The summed E-state index contributed by atoms with van der Waals surface area (Å²) in [6, 6.07) is 6.24. The Kier molecular flexibility index (Phi) is 3.74. The second kappa shape index (κ2) is 5.29. The van der Waals surface area contributed by atoms with Crippen LogP contribution in [0, 0.1) is 13.8 Å². The molecule has 0 bridgehead atoms. The molecule has 96 valence electrons. The molecule has 1 heterocycles. The topological polar surface area (TPSA) is 66.0 Å². The number of nitrogens with zero attached hydrogens (tertiary/aromatic N) is 3. The highest BCUT2D eigenvalue weighted by Gasteiger charge is 2.14. The van der Waals surface area contributed by atoms with E-state index in [2.05, 4.69) is 42.4 Å². The van der Waals surface area contributed by atoms with E-state index in [1.54, 1.807) is 7.11 Å². The number of methoxy groups -OCH3 is 1. The minimum absolute atomic E-state index is 0.365. The van der Waals surface area contributed by atoms with Crippen molar-refractivity contribution in [2.45, 2.75) is 27.0 Å². The van der Waals surface area contributed by atoms with E-state index in [1.807, 2.05) is 4.68 Å². The molecule has 0 amide bonds. The summed E-state index contributed by atoms with van der Waals surface area (Å²) >= 11 is 0. The lowest BCUT2D eigenvalue weighted by Crippen LogP contribution is -2.08. The van der Waals surface area contributed by atoms with Gasteiger partial charge in [0.1, 0.15) is 5.69 Å². The van der Waals surface area contributed by atoms with E-state index < -0.39 is 0 Å². The van der Waals surface area contributed by atoms with Crippen LogP contribution in [0.1, 0.15) is 22.5 Å². The molecule has 0 aliphatic carbocycles. The summed E-state index contributed by atoms with van der Waals surface area (Å²) in [7, 11) is 1.65. The third-order valence-corrected chi connectivity index (χ3v) is 2.91. The summed E-state index contributed by atoms with van der Waals surface area (Å²) in [6.45, 7) is 4.92. The van der Waals surface area contributed by atoms with Gasteiger partial charge in [-0.05, 0) is 31.0 Å². The number of aromatic nitrogens is 3. The monoisotopic (exact) mass is 246 g/mol. The summed E-state index contributed by atoms with van der Waals surface area (Å²) in [6.07, 6.45) is 0. The molecule has 1 aromatic carbocycles. The molecule has 5 nitrogen and oxygen atoms in total. The highest BCUT2D eigenvalue weighted by atomic mass is 16.5. The van der Waals surface area contributed by atoms with Crippen molar-refractivity contribution in [3.8, 4) is 5.69 Å². The Balaban J connectivity index is 2.56. The zero-order valence-corrected chi connectivity index (χ0v) is 11.0. The molecule has 2 rings (SSSR count). The molecule has 2 N–H and O–H groups in total. The summed E-state index contributed by atoms with van der Waals surface area (Å²) in [5.41, 5.74) is 10.7. The number of ether oxygens (including phenoxy) is 1. The van der Waals surface area contributed by atoms with Gasteiger partial charge < -0.3 is 10.5 Å². The first-order valence-corrected chi connectivity index (χ1v) is 5.87. The van der Waals surface area contributed by atoms with Gasteiger partial charge in [-0.25, -0.2) is 4.68 Å². The van der Waals surface area contributed by atoms with E-state index in [4.69, 9.17) is 10.5 Å². The second-order valence-corrected chi connectivity index (χ2v) is 4.32.